The van der Waals surface area contributed by atoms with E-state index in [0.29, 0.717) is 31.7 Å². The second-order valence-corrected chi connectivity index (χ2v) is 8.02. The number of piperidine rings is 1. The van der Waals surface area contributed by atoms with Crippen molar-refractivity contribution in [1.82, 2.24) is 29.4 Å². The van der Waals surface area contributed by atoms with Crippen LogP contribution in [0, 0.1) is 0 Å². The fourth-order valence-corrected chi connectivity index (χ4v) is 4.79. The van der Waals surface area contributed by atoms with Crippen molar-refractivity contribution in [2.24, 2.45) is 0 Å². The van der Waals surface area contributed by atoms with Crippen molar-refractivity contribution in [3.8, 4) is 0 Å². The van der Waals surface area contributed by atoms with Gasteiger partial charge in [-0.25, -0.2) is 9.50 Å². The minimum atomic E-state index is -0.767. The van der Waals surface area contributed by atoms with E-state index in [9.17, 15) is 9.59 Å². The number of rotatable bonds is 4. The smallest absolute Gasteiger partial charge is 0.294 e. The maximum Gasteiger partial charge on any atom is 0.294 e. The third-order valence-electron chi connectivity index (χ3n) is 6.26. The molecular formula is C22H24N6O2. The Morgan fingerprint density at radius 3 is 2.67 bits per heavy atom. The lowest BCUT2D eigenvalue weighted by molar-refractivity contribution is -0.145. The minimum Gasteiger partial charge on any atom is -0.340 e. The van der Waals surface area contributed by atoms with Gasteiger partial charge in [-0.05, 0) is 43.7 Å². The lowest BCUT2D eigenvalue weighted by Gasteiger charge is -2.44. The summed E-state index contributed by atoms with van der Waals surface area (Å²) in [5, 5.41) is 4.28. The molecule has 8 heteroatoms. The first-order valence-corrected chi connectivity index (χ1v) is 10.5. The zero-order valence-electron chi connectivity index (χ0n) is 16.8. The average Bonchev–Trinajstić information content (AvgIpc) is 3.40. The van der Waals surface area contributed by atoms with Crippen LogP contribution < -0.4 is 0 Å². The number of aromatic nitrogens is 4. The highest BCUT2D eigenvalue weighted by Crippen LogP contribution is 2.39. The number of hydrogen-bond donors (Lipinski definition) is 0. The summed E-state index contributed by atoms with van der Waals surface area (Å²) in [6.07, 6.45) is 7.25. The molecule has 30 heavy (non-hydrogen) atoms. The van der Waals surface area contributed by atoms with Gasteiger partial charge in [0.05, 0.1) is 0 Å². The van der Waals surface area contributed by atoms with Crippen LogP contribution in [-0.4, -0.2) is 66.4 Å². The van der Waals surface area contributed by atoms with Crippen molar-refractivity contribution in [2.75, 3.05) is 19.6 Å². The maximum absolute atomic E-state index is 13.6. The van der Waals surface area contributed by atoms with Gasteiger partial charge >= 0.3 is 0 Å². The van der Waals surface area contributed by atoms with Gasteiger partial charge in [-0.1, -0.05) is 30.3 Å². The molecule has 0 aliphatic carbocycles. The molecule has 8 nitrogen and oxygen atoms in total. The summed E-state index contributed by atoms with van der Waals surface area (Å²) in [5.74, 6) is 0.270. The number of likely N-dealkylation sites (tertiary alicyclic amines) is 2. The van der Waals surface area contributed by atoms with Crippen molar-refractivity contribution in [2.45, 2.75) is 37.6 Å². The predicted molar refractivity (Wildman–Crippen MR) is 110 cm³/mol. The van der Waals surface area contributed by atoms with Gasteiger partial charge in [0.15, 0.2) is 0 Å². The van der Waals surface area contributed by atoms with Crippen molar-refractivity contribution in [3.05, 3.63) is 60.2 Å². The van der Waals surface area contributed by atoms with Crippen LogP contribution in [0.25, 0.3) is 5.78 Å². The molecule has 2 aliphatic rings. The maximum atomic E-state index is 13.6. The Bertz CT molecular complexity index is 1050. The van der Waals surface area contributed by atoms with Gasteiger partial charge in [0.25, 0.3) is 11.7 Å². The average molecular weight is 404 g/mol. The Labute approximate surface area is 174 Å². The van der Waals surface area contributed by atoms with Crippen LogP contribution in [0.5, 0.6) is 0 Å². The van der Waals surface area contributed by atoms with Gasteiger partial charge < -0.3 is 9.80 Å². The van der Waals surface area contributed by atoms with Gasteiger partial charge in [-0.15, -0.1) is 5.10 Å². The van der Waals surface area contributed by atoms with Crippen molar-refractivity contribution in [3.63, 3.8) is 0 Å². The Morgan fingerprint density at radius 2 is 1.87 bits per heavy atom. The Morgan fingerprint density at radius 1 is 1.07 bits per heavy atom. The van der Waals surface area contributed by atoms with E-state index in [1.165, 1.54) is 10.1 Å². The summed E-state index contributed by atoms with van der Waals surface area (Å²) in [7, 11) is 0. The fourth-order valence-electron chi connectivity index (χ4n) is 4.79. The Balaban J connectivity index is 1.37. The molecule has 4 heterocycles. The minimum absolute atomic E-state index is 0.0671. The van der Waals surface area contributed by atoms with Crippen molar-refractivity contribution in [1.29, 1.82) is 0 Å². The van der Waals surface area contributed by atoms with Crippen LogP contribution in [0.2, 0.25) is 0 Å². The van der Waals surface area contributed by atoms with E-state index in [-0.39, 0.29) is 17.6 Å². The normalized spacial score (nSPS) is 21.7. The lowest BCUT2D eigenvalue weighted by atomic mass is 9.85. The van der Waals surface area contributed by atoms with E-state index < -0.39 is 5.54 Å². The number of carbonyl (C=O) groups excluding carboxylic acids is 2. The summed E-state index contributed by atoms with van der Waals surface area (Å²) in [5.41, 5.74) is 0.447. The molecule has 2 aliphatic heterocycles. The monoisotopic (exact) mass is 404 g/mol. The summed E-state index contributed by atoms with van der Waals surface area (Å²) in [6, 6.07) is 11.9. The van der Waals surface area contributed by atoms with Crippen molar-refractivity contribution < 1.29 is 9.59 Å². The summed E-state index contributed by atoms with van der Waals surface area (Å²) in [6.45, 7) is 1.97. The molecule has 2 amide bonds. The van der Waals surface area contributed by atoms with Crippen molar-refractivity contribution >= 4 is 17.6 Å². The molecule has 1 unspecified atom stereocenters. The number of benzene rings is 1. The van der Waals surface area contributed by atoms with E-state index in [2.05, 4.69) is 27.2 Å². The molecule has 0 bridgehead atoms. The van der Waals surface area contributed by atoms with Gasteiger partial charge in [-0.3, -0.25) is 9.59 Å². The highest BCUT2D eigenvalue weighted by molar-refractivity contribution is 5.98. The molecule has 1 atom stereocenters. The number of nitrogens with zero attached hydrogens (tertiary/aromatic N) is 6. The standard InChI is InChI=1S/C22H24N6O2/c29-19(18-24-21-23-12-6-15-28(21)25-18)27-14-5-11-22(27)10-4-13-26(20(22)30)16-9-17-7-2-1-3-8-17/h1-3,6-8,12,15H,4-5,9-11,13-14,16H2. The molecule has 0 radical (unpaired) electrons. The first kappa shape index (κ1) is 18.7. The third-order valence-corrected chi connectivity index (χ3v) is 6.26. The highest BCUT2D eigenvalue weighted by atomic mass is 16.2. The molecule has 2 saturated heterocycles. The third kappa shape index (κ3) is 3.12. The molecule has 1 aromatic carbocycles. The summed E-state index contributed by atoms with van der Waals surface area (Å²) >= 11 is 0. The summed E-state index contributed by atoms with van der Waals surface area (Å²) in [4.78, 5) is 38.9. The van der Waals surface area contributed by atoms with E-state index in [1.54, 1.807) is 23.4 Å². The number of carbonyl (C=O) groups is 2. The first-order chi connectivity index (χ1) is 14.7. The van der Waals surface area contributed by atoms with Crippen LogP contribution >= 0.6 is 0 Å². The van der Waals surface area contributed by atoms with Crippen LogP contribution in [0.1, 0.15) is 41.9 Å². The number of fused-ring (bicyclic) bond motifs is 1. The second-order valence-electron chi connectivity index (χ2n) is 8.02. The highest BCUT2D eigenvalue weighted by Gasteiger charge is 2.53. The SMILES string of the molecule is O=C(c1nc2ncccn2n1)N1CCCC12CCCN(CCc1ccccc1)C2=O. The molecule has 5 rings (SSSR count). The second kappa shape index (κ2) is 7.51. The van der Waals surface area contributed by atoms with E-state index >= 15 is 0 Å². The molecule has 154 valence electrons. The molecule has 2 fully saturated rings. The molecule has 0 saturated carbocycles. The van der Waals surface area contributed by atoms with Gasteiger partial charge in [0, 0.05) is 32.0 Å². The van der Waals surface area contributed by atoms with Gasteiger partial charge in [0.1, 0.15) is 5.54 Å². The van der Waals surface area contributed by atoms with Gasteiger partial charge in [0.2, 0.25) is 11.7 Å². The first-order valence-electron chi connectivity index (χ1n) is 10.5. The lowest BCUT2D eigenvalue weighted by Crippen LogP contribution is -2.61. The summed E-state index contributed by atoms with van der Waals surface area (Å²) < 4.78 is 1.49. The van der Waals surface area contributed by atoms with E-state index in [4.69, 9.17) is 0 Å². The van der Waals surface area contributed by atoms with Gasteiger partial charge in [-0.2, -0.15) is 4.98 Å². The zero-order valence-corrected chi connectivity index (χ0v) is 16.8. The molecular weight excluding hydrogens is 380 g/mol. The number of amides is 2. The molecule has 2 aromatic heterocycles. The Kier molecular flexibility index (Phi) is 4.69. The largest absolute Gasteiger partial charge is 0.340 e. The van der Waals surface area contributed by atoms with Crippen LogP contribution in [-0.2, 0) is 11.2 Å². The molecule has 1 spiro atoms. The Hall–Kier alpha value is -3.29. The predicted octanol–water partition coefficient (Wildman–Crippen LogP) is 1.96. The van der Waals surface area contributed by atoms with Crippen LogP contribution in [0.15, 0.2) is 48.8 Å². The quantitative estimate of drug-likeness (QED) is 0.664. The molecule has 0 N–H and O–H groups in total. The molecule has 3 aromatic rings. The fraction of sp³-hybridized carbons (Fsp3) is 0.409. The van der Waals surface area contributed by atoms with E-state index in [1.807, 2.05) is 23.1 Å². The van der Waals surface area contributed by atoms with E-state index in [0.717, 1.165) is 25.8 Å². The van der Waals surface area contributed by atoms with Crippen LogP contribution in [0.4, 0.5) is 0 Å². The number of hydrogen-bond acceptors (Lipinski definition) is 5. The zero-order chi connectivity index (χ0) is 20.6. The van der Waals surface area contributed by atoms with Crippen LogP contribution in [0.3, 0.4) is 0 Å². The topological polar surface area (TPSA) is 83.7 Å².